The highest BCUT2D eigenvalue weighted by Gasteiger charge is 2.25. The van der Waals surface area contributed by atoms with Crippen molar-refractivity contribution in [2.24, 2.45) is 5.92 Å². The number of carbonyl (C=O) groups is 1. The molecule has 3 aromatic rings. The molecule has 5 nitrogen and oxygen atoms in total. The van der Waals surface area contributed by atoms with E-state index in [1.165, 1.54) is 16.5 Å². The summed E-state index contributed by atoms with van der Waals surface area (Å²) in [5, 5.41) is 5.10. The number of hydrogen-bond donors (Lipinski definition) is 1. The number of halogens is 1. The highest BCUT2D eigenvalue weighted by atomic mass is 35.5. The number of methoxy groups -OCH3 is 1. The zero-order valence-corrected chi connectivity index (χ0v) is 19.0. The number of piperidine rings is 1. The van der Waals surface area contributed by atoms with Crippen LogP contribution in [0.1, 0.15) is 30.9 Å². The summed E-state index contributed by atoms with van der Waals surface area (Å²) in [6.07, 6.45) is 4.02. The van der Waals surface area contributed by atoms with Gasteiger partial charge in [0.2, 0.25) is 5.91 Å². The van der Waals surface area contributed by atoms with E-state index in [2.05, 4.69) is 40.0 Å². The van der Waals surface area contributed by atoms with Gasteiger partial charge in [0, 0.05) is 47.7 Å². The maximum absolute atomic E-state index is 12.7. The number of carbonyl (C=O) groups excluding carboxylic acids is 1. The van der Waals surface area contributed by atoms with Crippen molar-refractivity contribution < 1.29 is 9.53 Å². The Bertz CT molecular complexity index is 1050. The molecule has 0 aliphatic carbocycles. The first kappa shape index (κ1) is 21.7. The lowest BCUT2D eigenvalue weighted by atomic mass is 9.95. The van der Waals surface area contributed by atoms with E-state index in [-0.39, 0.29) is 11.8 Å². The second-order valence-corrected chi connectivity index (χ2v) is 8.66. The van der Waals surface area contributed by atoms with E-state index in [9.17, 15) is 4.79 Å². The molecule has 1 saturated heterocycles. The number of aryl methyl sites for hydroxylation is 1. The van der Waals surface area contributed by atoms with Crippen molar-refractivity contribution in [2.45, 2.75) is 39.4 Å². The molecule has 2 aromatic carbocycles. The molecule has 0 bridgehead atoms. The third kappa shape index (κ3) is 5.05. The summed E-state index contributed by atoms with van der Waals surface area (Å²) in [5.41, 5.74) is 3.59. The summed E-state index contributed by atoms with van der Waals surface area (Å²) in [7, 11) is 1.65. The van der Waals surface area contributed by atoms with Gasteiger partial charge in [0.1, 0.15) is 5.75 Å². The van der Waals surface area contributed by atoms with Crippen molar-refractivity contribution in [1.82, 2.24) is 14.8 Å². The van der Waals surface area contributed by atoms with E-state index < -0.39 is 0 Å². The maximum Gasteiger partial charge on any atom is 0.223 e. The van der Waals surface area contributed by atoms with E-state index in [0.717, 1.165) is 55.4 Å². The number of aromatic nitrogens is 1. The Morgan fingerprint density at radius 1 is 1.19 bits per heavy atom. The number of benzene rings is 2. The van der Waals surface area contributed by atoms with Gasteiger partial charge >= 0.3 is 0 Å². The fourth-order valence-corrected chi connectivity index (χ4v) is 4.61. The molecule has 0 saturated carbocycles. The molecule has 0 unspecified atom stereocenters. The molecule has 4 rings (SSSR count). The lowest BCUT2D eigenvalue weighted by Crippen LogP contribution is -2.40. The van der Waals surface area contributed by atoms with Crippen LogP contribution in [-0.4, -0.2) is 35.6 Å². The molecule has 0 spiro atoms. The standard InChI is InChI=1S/C25H30ClN3O2/c1-3-29-17-20(23-14-21(26)7-8-24(23)29)16-28-11-9-19(10-12-28)25(30)27-15-18-5-4-6-22(13-18)31-2/h4-8,13-14,17,19H,3,9-12,15-16H2,1-2H3,(H,27,30). The van der Waals surface area contributed by atoms with Crippen LogP contribution < -0.4 is 10.1 Å². The van der Waals surface area contributed by atoms with Crippen LogP contribution >= 0.6 is 11.6 Å². The average molecular weight is 440 g/mol. The lowest BCUT2D eigenvalue weighted by molar-refractivity contribution is -0.126. The first-order valence-electron chi connectivity index (χ1n) is 11.0. The second-order valence-electron chi connectivity index (χ2n) is 8.22. The van der Waals surface area contributed by atoms with Crippen LogP contribution in [0.25, 0.3) is 10.9 Å². The molecule has 1 fully saturated rings. The van der Waals surface area contributed by atoms with Crippen LogP contribution in [0, 0.1) is 5.92 Å². The van der Waals surface area contributed by atoms with Gasteiger partial charge in [0.05, 0.1) is 7.11 Å². The number of rotatable bonds is 7. The first-order valence-corrected chi connectivity index (χ1v) is 11.4. The van der Waals surface area contributed by atoms with E-state index in [0.29, 0.717) is 6.54 Å². The summed E-state index contributed by atoms with van der Waals surface area (Å²) >= 11 is 6.26. The van der Waals surface area contributed by atoms with Crippen molar-refractivity contribution in [1.29, 1.82) is 0 Å². The normalized spacial score (nSPS) is 15.3. The van der Waals surface area contributed by atoms with Crippen LogP contribution in [0.15, 0.2) is 48.7 Å². The number of likely N-dealkylation sites (tertiary alicyclic amines) is 1. The first-order chi connectivity index (χ1) is 15.1. The summed E-state index contributed by atoms with van der Waals surface area (Å²) in [6.45, 7) is 6.38. The third-order valence-electron chi connectivity index (χ3n) is 6.22. The van der Waals surface area contributed by atoms with Crippen LogP contribution in [0.4, 0.5) is 0 Å². The zero-order valence-electron chi connectivity index (χ0n) is 18.2. The molecule has 1 aromatic heterocycles. The summed E-state index contributed by atoms with van der Waals surface area (Å²) in [4.78, 5) is 15.1. The quantitative estimate of drug-likeness (QED) is 0.572. The Kier molecular flexibility index (Phi) is 6.83. The molecule has 6 heteroatoms. The highest BCUT2D eigenvalue weighted by Crippen LogP contribution is 2.28. The summed E-state index contributed by atoms with van der Waals surface area (Å²) in [6, 6.07) is 13.9. The summed E-state index contributed by atoms with van der Waals surface area (Å²) < 4.78 is 7.53. The fourth-order valence-electron chi connectivity index (χ4n) is 4.44. The Morgan fingerprint density at radius 3 is 2.74 bits per heavy atom. The van der Waals surface area contributed by atoms with Crippen molar-refractivity contribution >= 4 is 28.4 Å². The molecule has 0 atom stereocenters. The van der Waals surface area contributed by atoms with Gasteiger partial charge in [-0.05, 0) is 74.3 Å². The second kappa shape index (κ2) is 9.75. The van der Waals surface area contributed by atoms with E-state index in [4.69, 9.17) is 16.3 Å². The molecule has 2 heterocycles. The van der Waals surface area contributed by atoms with Gasteiger partial charge in [-0.1, -0.05) is 23.7 Å². The fraction of sp³-hybridized carbons (Fsp3) is 0.400. The van der Waals surface area contributed by atoms with Gasteiger partial charge < -0.3 is 14.6 Å². The van der Waals surface area contributed by atoms with Gasteiger partial charge in [-0.25, -0.2) is 0 Å². The Balaban J connectivity index is 1.32. The molecule has 1 amide bonds. The van der Waals surface area contributed by atoms with Gasteiger partial charge in [0.25, 0.3) is 0 Å². The highest BCUT2D eigenvalue weighted by molar-refractivity contribution is 6.31. The maximum atomic E-state index is 12.7. The van der Waals surface area contributed by atoms with Crippen LogP contribution in [-0.2, 0) is 24.4 Å². The lowest BCUT2D eigenvalue weighted by Gasteiger charge is -2.31. The molecule has 1 aliphatic rings. The minimum atomic E-state index is 0.0771. The molecule has 31 heavy (non-hydrogen) atoms. The number of fused-ring (bicyclic) bond motifs is 1. The smallest absolute Gasteiger partial charge is 0.223 e. The number of nitrogens with one attached hydrogen (secondary N) is 1. The van der Waals surface area contributed by atoms with Crippen LogP contribution in [0.3, 0.4) is 0 Å². The van der Waals surface area contributed by atoms with Crippen molar-refractivity contribution in [3.63, 3.8) is 0 Å². The van der Waals surface area contributed by atoms with E-state index in [1.54, 1.807) is 7.11 Å². The van der Waals surface area contributed by atoms with Crippen LogP contribution in [0.2, 0.25) is 5.02 Å². The number of ether oxygens (including phenoxy) is 1. The Hall–Kier alpha value is -2.50. The summed E-state index contributed by atoms with van der Waals surface area (Å²) in [5.74, 6) is 1.04. The van der Waals surface area contributed by atoms with E-state index in [1.807, 2.05) is 30.3 Å². The monoisotopic (exact) mass is 439 g/mol. The van der Waals surface area contributed by atoms with Crippen LogP contribution in [0.5, 0.6) is 5.75 Å². The van der Waals surface area contributed by atoms with Gasteiger partial charge in [-0.3, -0.25) is 9.69 Å². The minimum Gasteiger partial charge on any atom is -0.497 e. The van der Waals surface area contributed by atoms with Crippen molar-refractivity contribution in [3.8, 4) is 5.75 Å². The topological polar surface area (TPSA) is 46.5 Å². The molecule has 1 N–H and O–H groups in total. The van der Waals surface area contributed by atoms with Crippen molar-refractivity contribution in [2.75, 3.05) is 20.2 Å². The SMILES string of the molecule is CCn1cc(CN2CCC(C(=O)NCc3cccc(OC)c3)CC2)c2cc(Cl)ccc21. The third-order valence-corrected chi connectivity index (χ3v) is 6.45. The average Bonchev–Trinajstić information content (AvgIpc) is 3.14. The van der Waals surface area contributed by atoms with Crippen molar-refractivity contribution in [3.05, 3.63) is 64.8 Å². The van der Waals surface area contributed by atoms with Gasteiger partial charge in [-0.2, -0.15) is 0 Å². The number of amides is 1. The van der Waals surface area contributed by atoms with E-state index >= 15 is 0 Å². The predicted molar refractivity (Wildman–Crippen MR) is 125 cm³/mol. The molecular weight excluding hydrogens is 410 g/mol. The Morgan fingerprint density at radius 2 is 2.00 bits per heavy atom. The largest absolute Gasteiger partial charge is 0.497 e. The molecular formula is C25H30ClN3O2. The molecule has 1 aliphatic heterocycles. The minimum absolute atomic E-state index is 0.0771. The molecule has 164 valence electrons. The number of nitrogens with zero attached hydrogens (tertiary/aromatic N) is 2. The zero-order chi connectivity index (χ0) is 21.8. The number of hydrogen-bond acceptors (Lipinski definition) is 3. The molecule has 0 radical (unpaired) electrons. The van der Waals surface area contributed by atoms with Gasteiger partial charge in [0.15, 0.2) is 0 Å². The van der Waals surface area contributed by atoms with Gasteiger partial charge in [-0.15, -0.1) is 0 Å². The Labute approximate surface area is 188 Å². The predicted octanol–water partition coefficient (Wildman–Crippen LogP) is 4.85.